The molecule has 0 saturated carbocycles. The van der Waals surface area contributed by atoms with E-state index in [1.807, 2.05) is 35.8 Å². The average molecular weight is 454 g/mol. The quantitative estimate of drug-likeness (QED) is 0.645. The lowest BCUT2D eigenvalue weighted by molar-refractivity contribution is 0.494. The van der Waals surface area contributed by atoms with Crippen molar-refractivity contribution in [1.82, 2.24) is 18.7 Å². The van der Waals surface area contributed by atoms with Crippen LogP contribution in [0.2, 0.25) is 0 Å². The van der Waals surface area contributed by atoms with Gasteiger partial charge < -0.3 is 15.2 Å². The maximum Gasteiger partial charge on any atom is 0.332 e. The molecule has 1 aromatic carbocycles. The molecule has 1 atom stereocenters. The van der Waals surface area contributed by atoms with Gasteiger partial charge in [-0.25, -0.2) is 4.79 Å². The molecule has 2 aliphatic heterocycles. The molecule has 2 aliphatic rings. The Balaban J connectivity index is 1.61. The lowest BCUT2D eigenvalue weighted by atomic mass is 10.1. The molecule has 3 aromatic rings. The van der Waals surface area contributed by atoms with Crippen molar-refractivity contribution in [2.75, 3.05) is 23.7 Å². The summed E-state index contributed by atoms with van der Waals surface area (Å²) >= 11 is 1.68. The Kier molecular flexibility index (Phi) is 5.42. The maximum absolute atomic E-state index is 13.5. The molecule has 1 fully saturated rings. The first-order chi connectivity index (χ1) is 15.5. The fourth-order valence-electron chi connectivity index (χ4n) is 4.53. The molecular weight excluding hydrogens is 426 g/mol. The molecule has 10 heteroatoms. The Labute approximate surface area is 189 Å². The molecule has 2 N–H and O–H groups in total. The van der Waals surface area contributed by atoms with Crippen LogP contribution in [0.4, 0.5) is 11.6 Å². The minimum absolute atomic E-state index is 0.0824. The van der Waals surface area contributed by atoms with Crippen LogP contribution in [0.1, 0.15) is 19.8 Å². The first-order valence-electron chi connectivity index (χ1n) is 11.0. The number of fused-ring (bicyclic) bond motifs is 2. The molecule has 2 aromatic heterocycles. The van der Waals surface area contributed by atoms with Gasteiger partial charge in [-0.15, -0.1) is 11.8 Å². The number of aliphatic imine (C=N–C) groups is 1. The Morgan fingerprint density at radius 3 is 2.81 bits per heavy atom. The van der Waals surface area contributed by atoms with E-state index >= 15 is 0 Å². The van der Waals surface area contributed by atoms with Gasteiger partial charge in [-0.1, -0.05) is 12.1 Å². The van der Waals surface area contributed by atoms with E-state index in [9.17, 15) is 9.59 Å². The Morgan fingerprint density at radius 1 is 1.22 bits per heavy atom. The number of nitrogens with zero attached hydrogens (tertiary/aromatic N) is 6. The average Bonchev–Trinajstić information content (AvgIpc) is 3.20. The highest BCUT2D eigenvalue weighted by Crippen LogP contribution is 2.33. The van der Waals surface area contributed by atoms with Crippen LogP contribution in [-0.4, -0.2) is 49.3 Å². The molecule has 0 amide bonds. The standard InChI is InChI=1S/C22H27N7O2S/c1-3-28-18-19(25-21(28)27-10-6-7-14(23)11-27)26(2)22(31)29(20(18)30)12-15-13-32-17-9-5-4-8-16(17)24-15/h4-5,8-9,14H,3,6-7,10-13,23H2,1-2H3. The van der Waals surface area contributed by atoms with Gasteiger partial charge in [-0.2, -0.15) is 4.98 Å². The van der Waals surface area contributed by atoms with Crippen LogP contribution in [0.15, 0.2) is 43.7 Å². The summed E-state index contributed by atoms with van der Waals surface area (Å²) in [5.41, 5.74) is 8.03. The van der Waals surface area contributed by atoms with E-state index in [1.165, 1.54) is 9.13 Å². The highest BCUT2D eigenvalue weighted by molar-refractivity contribution is 8.00. The molecule has 0 radical (unpaired) electrons. The number of hydrogen-bond donors (Lipinski definition) is 1. The lowest BCUT2D eigenvalue weighted by Gasteiger charge is -2.31. The molecule has 0 spiro atoms. The van der Waals surface area contributed by atoms with Crippen LogP contribution in [0.5, 0.6) is 0 Å². The first-order valence-corrected chi connectivity index (χ1v) is 11.9. The van der Waals surface area contributed by atoms with Crippen LogP contribution < -0.4 is 21.9 Å². The molecule has 1 saturated heterocycles. The number of hydrogen-bond acceptors (Lipinski definition) is 7. The third-order valence-electron chi connectivity index (χ3n) is 6.15. The van der Waals surface area contributed by atoms with Crippen molar-refractivity contribution in [3.05, 3.63) is 45.1 Å². The van der Waals surface area contributed by atoms with Gasteiger partial charge in [0.25, 0.3) is 5.56 Å². The molecule has 9 nitrogen and oxygen atoms in total. The number of aromatic nitrogens is 4. The summed E-state index contributed by atoms with van der Waals surface area (Å²) in [6, 6.07) is 7.99. The number of imidazole rings is 1. The van der Waals surface area contributed by atoms with Crippen LogP contribution in [-0.2, 0) is 20.1 Å². The number of benzene rings is 1. The summed E-state index contributed by atoms with van der Waals surface area (Å²) < 4.78 is 4.67. The lowest BCUT2D eigenvalue weighted by Crippen LogP contribution is -2.44. The monoisotopic (exact) mass is 453 g/mol. The zero-order chi connectivity index (χ0) is 22.4. The largest absolute Gasteiger partial charge is 0.341 e. The number of para-hydroxylation sites is 1. The fraction of sp³-hybridized carbons (Fsp3) is 0.455. The van der Waals surface area contributed by atoms with Crippen LogP contribution in [0.25, 0.3) is 11.2 Å². The van der Waals surface area contributed by atoms with Crippen molar-refractivity contribution < 1.29 is 0 Å². The molecule has 4 heterocycles. The second-order valence-corrected chi connectivity index (χ2v) is 9.36. The van der Waals surface area contributed by atoms with E-state index < -0.39 is 0 Å². The van der Waals surface area contributed by atoms with Crippen molar-refractivity contribution >= 4 is 40.3 Å². The Bertz CT molecular complexity index is 1340. The van der Waals surface area contributed by atoms with Gasteiger partial charge in [-0.3, -0.25) is 18.9 Å². The molecule has 5 rings (SSSR count). The van der Waals surface area contributed by atoms with E-state index in [0.717, 1.165) is 35.7 Å². The summed E-state index contributed by atoms with van der Waals surface area (Å²) in [6.07, 6.45) is 1.97. The second kappa shape index (κ2) is 8.25. The van der Waals surface area contributed by atoms with Gasteiger partial charge in [0, 0.05) is 49.1 Å². The van der Waals surface area contributed by atoms with Crippen molar-refractivity contribution in [3.8, 4) is 0 Å². The number of nitrogens with two attached hydrogens (primary N) is 1. The zero-order valence-corrected chi connectivity index (χ0v) is 19.1. The van der Waals surface area contributed by atoms with E-state index in [4.69, 9.17) is 15.7 Å². The van der Waals surface area contributed by atoms with Crippen molar-refractivity contribution in [2.45, 2.75) is 43.8 Å². The van der Waals surface area contributed by atoms with Gasteiger partial charge >= 0.3 is 5.69 Å². The fourth-order valence-corrected chi connectivity index (χ4v) is 5.45. The van der Waals surface area contributed by atoms with Gasteiger partial charge in [-0.05, 0) is 31.9 Å². The van der Waals surface area contributed by atoms with Crippen LogP contribution >= 0.6 is 11.8 Å². The first kappa shape index (κ1) is 21.0. The van der Waals surface area contributed by atoms with Crippen molar-refractivity contribution in [3.63, 3.8) is 0 Å². The topological polar surface area (TPSA) is 103 Å². The number of rotatable bonds is 4. The molecular formula is C22H27N7O2S. The highest BCUT2D eigenvalue weighted by atomic mass is 32.2. The van der Waals surface area contributed by atoms with Gasteiger partial charge in [0.1, 0.15) is 0 Å². The number of aryl methyl sites for hydroxylation is 2. The summed E-state index contributed by atoms with van der Waals surface area (Å²) in [4.78, 5) is 39.4. The van der Waals surface area contributed by atoms with Crippen molar-refractivity contribution in [2.24, 2.45) is 17.8 Å². The normalized spacial score (nSPS) is 18.7. The summed E-state index contributed by atoms with van der Waals surface area (Å²) in [5, 5.41) is 0. The maximum atomic E-state index is 13.5. The van der Waals surface area contributed by atoms with E-state index in [0.29, 0.717) is 36.0 Å². The van der Waals surface area contributed by atoms with E-state index in [2.05, 4.69) is 4.90 Å². The van der Waals surface area contributed by atoms with Crippen LogP contribution in [0.3, 0.4) is 0 Å². The summed E-state index contributed by atoms with van der Waals surface area (Å²) in [6.45, 7) is 4.27. The predicted octanol–water partition coefficient (Wildman–Crippen LogP) is 1.72. The number of thioether (sulfide) groups is 1. The van der Waals surface area contributed by atoms with Gasteiger partial charge in [0.2, 0.25) is 5.95 Å². The minimum Gasteiger partial charge on any atom is -0.341 e. The number of anilines is 1. The van der Waals surface area contributed by atoms with E-state index in [1.54, 1.807) is 18.8 Å². The molecule has 0 aliphatic carbocycles. The summed E-state index contributed by atoms with van der Waals surface area (Å²) in [5.74, 6) is 1.36. The minimum atomic E-state index is -0.378. The smallest absolute Gasteiger partial charge is 0.332 e. The Morgan fingerprint density at radius 2 is 2.03 bits per heavy atom. The predicted molar refractivity (Wildman–Crippen MR) is 129 cm³/mol. The highest BCUT2D eigenvalue weighted by Gasteiger charge is 2.26. The van der Waals surface area contributed by atoms with Crippen molar-refractivity contribution in [1.29, 1.82) is 0 Å². The zero-order valence-electron chi connectivity index (χ0n) is 18.3. The molecule has 168 valence electrons. The second-order valence-electron chi connectivity index (χ2n) is 8.34. The Hall–Kier alpha value is -2.85. The molecule has 1 unspecified atom stereocenters. The summed E-state index contributed by atoms with van der Waals surface area (Å²) in [7, 11) is 1.67. The van der Waals surface area contributed by atoms with E-state index in [-0.39, 0.29) is 23.8 Å². The SMILES string of the molecule is CCn1c(N2CCCC(N)C2)nc2c1c(=O)n(CC1=Nc3ccccc3SC1)c(=O)n2C. The number of piperidine rings is 1. The molecule has 0 bridgehead atoms. The van der Waals surface area contributed by atoms with Crippen LogP contribution in [0, 0.1) is 0 Å². The van der Waals surface area contributed by atoms with Gasteiger partial charge in [0.05, 0.1) is 12.2 Å². The molecule has 32 heavy (non-hydrogen) atoms. The van der Waals surface area contributed by atoms with Gasteiger partial charge in [0.15, 0.2) is 11.2 Å². The third-order valence-corrected chi connectivity index (χ3v) is 7.28. The third kappa shape index (κ3) is 3.47.